The maximum Gasteiger partial charge on any atom is 0.0726 e. The second-order valence-electron chi connectivity index (χ2n) is 6.31. The molecule has 4 nitrogen and oxygen atoms in total. The van der Waals surface area contributed by atoms with Crippen LogP contribution in [-0.4, -0.2) is 54.3 Å². The molecular weight excluding hydrogens is 274 g/mol. The molecule has 4 rings (SSSR count). The summed E-state index contributed by atoms with van der Waals surface area (Å²) >= 11 is 0. The summed E-state index contributed by atoms with van der Waals surface area (Å²) in [6.07, 6.45) is 3.52. The van der Waals surface area contributed by atoms with Crippen molar-refractivity contribution in [1.82, 2.24) is 9.88 Å². The summed E-state index contributed by atoms with van der Waals surface area (Å²) in [5.74, 6) is 0. The quantitative estimate of drug-likeness (QED) is 0.938. The van der Waals surface area contributed by atoms with E-state index in [2.05, 4.69) is 34.1 Å². The van der Waals surface area contributed by atoms with Gasteiger partial charge in [0, 0.05) is 43.8 Å². The third kappa shape index (κ3) is 2.36. The van der Waals surface area contributed by atoms with E-state index in [0.717, 1.165) is 44.7 Å². The Labute approximate surface area is 131 Å². The van der Waals surface area contributed by atoms with Crippen LogP contribution in [-0.2, 0) is 12.8 Å². The fourth-order valence-corrected chi connectivity index (χ4v) is 3.88. The number of aromatic nitrogens is 1. The third-order valence-corrected chi connectivity index (χ3v) is 4.99. The molecule has 116 valence electrons. The van der Waals surface area contributed by atoms with Gasteiger partial charge in [0.25, 0.3) is 0 Å². The third-order valence-electron chi connectivity index (χ3n) is 4.99. The van der Waals surface area contributed by atoms with Gasteiger partial charge in [-0.2, -0.15) is 0 Å². The Kier molecular flexibility index (Phi) is 3.72. The number of rotatable bonds is 3. The molecule has 0 atom stereocenters. The van der Waals surface area contributed by atoms with Gasteiger partial charge < -0.3 is 10.0 Å². The van der Waals surface area contributed by atoms with Gasteiger partial charge in [-0.25, -0.2) is 0 Å². The standard InChI is InChI=1S/C18H23N3O/c22-13-12-20-8-10-21(11-9-20)18-14-4-1-2-6-16(14)19-17-7-3-5-15(17)18/h1-2,4,6,22H,3,5,7-13H2. The van der Waals surface area contributed by atoms with Crippen LogP contribution >= 0.6 is 0 Å². The molecule has 4 heteroatoms. The van der Waals surface area contributed by atoms with Gasteiger partial charge >= 0.3 is 0 Å². The molecule has 0 saturated carbocycles. The molecule has 0 spiro atoms. The van der Waals surface area contributed by atoms with Crippen molar-refractivity contribution < 1.29 is 5.11 Å². The second-order valence-corrected chi connectivity index (χ2v) is 6.31. The van der Waals surface area contributed by atoms with E-state index in [0.29, 0.717) is 0 Å². The fourth-order valence-electron chi connectivity index (χ4n) is 3.88. The highest BCUT2D eigenvalue weighted by atomic mass is 16.3. The molecule has 2 aliphatic rings. The van der Waals surface area contributed by atoms with Crippen LogP contribution in [0.3, 0.4) is 0 Å². The van der Waals surface area contributed by atoms with Gasteiger partial charge in [-0.3, -0.25) is 9.88 Å². The molecule has 1 N–H and O–H groups in total. The molecule has 1 aliphatic heterocycles. The first-order valence-corrected chi connectivity index (χ1v) is 8.35. The lowest BCUT2D eigenvalue weighted by molar-refractivity contribution is 0.189. The summed E-state index contributed by atoms with van der Waals surface area (Å²) in [7, 11) is 0. The van der Waals surface area contributed by atoms with Crippen LogP contribution in [0.2, 0.25) is 0 Å². The Hall–Kier alpha value is -1.65. The zero-order valence-corrected chi connectivity index (χ0v) is 13.0. The zero-order chi connectivity index (χ0) is 14.9. The number of pyridine rings is 1. The number of nitrogens with zero attached hydrogens (tertiary/aromatic N) is 3. The van der Waals surface area contributed by atoms with Crippen molar-refractivity contribution in [3.8, 4) is 0 Å². The molecule has 1 fully saturated rings. The van der Waals surface area contributed by atoms with Gasteiger partial charge in [0.15, 0.2) is 0 Å². The van der Waals surface area contributed by atoms with E-state index < -0.39 is 0 Å². The van der Waals surface area contributed by atoms with E-state index in [-0.39, 0.29) is 6.61 Å². The fraction of sp³-hybridized carbons (Fsp3) is 0.500. The number of hydrogen-bond acceptors (Lipinski definition) is 4. The molecule has 22 heavy (non-hydrogen) atoms. The van der Waals surface area contributed by atoms with E-state index in [9.17, 15) is 0 Å². The minimum absolute atomic E-state index is 0.258. The van der Waals surface area contributed by atoms with Gasteiger partial charge in [-0.1, -0.05) is 18.2 Å². The minimum atomic E-state index is 0.258. The predicted octanol–water partition coefficient (Wildman–Crippen LogP) is 1.84. The number of para-hydroxylation sites is 1. The number of piperazine rings is 1. The van der Waals surface area contributed by atoms with Crippen LogP contribution in [0, 0.1) is 0 Å². The van der Waals surface area contributed by atoms with Crippen molar-refractivity contribution in [2.24, 2.45) is 0 Å². The number of aryl methyl sites for hydroxylation is 1. The lowest BCUT2D eigenvalue weighted by atomic mass is 10.0. The molecule has 0 radical (unpaired) electrons. The molecular formula is C18H23N3O. The van der Waals surface area contributed by atoms with Crippen molar-refractivity contribution in [1.29, 1.82) is 0 Å². The molecule has 1 aliphatic carbocycles. The smallest absolute Gasteiger partial charge is 0.0726 e. The summed E-state index contributed by atoms with van der Waals surface area (Å²) in [6, 6.07) is 8.56. The largest absolute Gasteiger partial charge is 0.395 e. The first-order chi connectivity index (χ1) is 10.9. The number of β-amino-alcohol motifs (C(OH)–C–C–N with tert-alkyl or cyclic N) is 1. The highest BCUT2D eigenvalue weighted by molar-refractivity contribution is 5.94. The molecule has 1 saturated heterocycles. The van der Waals surface area contributed by atoms with Gasteiger partial charge in [0.1, 0.15) is 0 Å². The van der Waals surface area contributed by atoms with Crippen LogP contribution < -0.4 is 4.90 Å². The van der Waals surface area contributed by atoms with E-state index in [4.69, 9.17) is 10.1 Å². The van der Waals surface area contributed by atoms with Crippen molar-refractivity contribution in [2.45, 2.75) is 19.3 Å². The topological polar surface area (TPSA) is 39.6 Å². The van der Waals surface area contributed by atoms with E-state index in [1.54, 1.807) is 0 Å². The van der Waals surface area contributed by atoms with Gasteiger partial charge in [0.05, 0.1) is 17.8 Å². The number of aliphatic hydroxyl groups excluding tert-OH is 1. The minimum Gasteiger partial charge on any atom is -0.395 e. The summed E-state index contributed by atoms with van der Waals surface area (Å²) in [4.78, 5) is 9.78. The normalized spacial score (nSPS) is 18.9. The van der Waals surface area contributed by atoms with Crippen LogP contribution in [0.1, 0.15) is 17.7 Å². The highest BCUT2D eigenvalue weighted by Gasteiger charge is 2.25. The molecule has 1 aromatic carbocycles. The molecule has 0 bridgehead atoms. The van der Waals surface area contributed by atoms with Crippen LogP contribution in [0.25, 0.3) is 10.9 Å². The maximum absolute atomic E-state index is 9.11. The SMILES string of the molecule is OCCN1CCN(c2c3c(nc4ccccc24)CCC3)CC1. The van der Waals surface area contributed by atoms with Crippen molar-refractivity contribution in [3.63, 3.8) is 0 Å². The van der Waals surface area contributed by atoms with Gasteiger partial charge in [-0.15, -0.1) is 0 Å². The average molecular weight is 297 g/mol. The Morgan fingerprint density at radius 3 is 2.68 bits per heavy atom. The number of benzene rings is 1. The average Bonchev–Trinajstić information content (AvgIpc) is 3.02. The van der Waals surface area contributed by atoms with E-state index >= 15 is 0 Å². The number of hydrogen-bond donors (Lipinski definition) is 1. The number of anilines is 1. The highest BCUT2D eigenvalue weighted by Crippen LogP contribution is 2.36. The zero-order valence-electron chi connectivity index (χ0n) is 13.0. The maximum atomic E-state index is 9.11. The lowest BCUT2D eigenvalue weighted by Gasteiger charge is -2.37. The summed E-state index contributed by atoms with van der Waals surface area (Å²) in [5, 5.41) is 10.4. The Balaban J connectivity index is 1.72. The van der Waals surface area contributed by atoms with Crippen molar-refractivity contribution in [3.05, 3.63) is 35.5 Å². The molecule has 2 heterocycles. The Bertz CT molecular complexity index is 677. The molecule has 0 unspecified atom stereocenters. The Morgan fingerprint density at radius 1 is 1.05 bits per heavy atom. The number of aliphatic hydroxyl groups is 1. The van der Waals surface area contributed by atoms with E-state index in [1.165, 1.54) is 35.2 Å². The molecule has 2 aromatic rings. The van der Waals surface area contributed by atoms with Crippen molar-refractivity contribution in [2.75, 3.05) is 44.2 Å². The van der Waals surface area contributed by atoms with E-state index in [1.807, 2.05) is 0 Å². The molecule has 0 amide bonds. The first-order valence-electron chi connectivity index (χ1n) is 8.35. The molecule has 1 aromatic heterocycles. The summed E-state index contributed by atoms with van der Waals surface area (Å²) in [6.45, 7) is 5.20. The predicted molar refractivity (Wildman–Crippen MR) is 89.5 cm³/mol. The number of fused-ring (bicyclic) bond motifs is 2. The summed E-state index contributed by atoms with van der Waals surface area (Å²) < 4.78 is 0. The Morgan fingerprint density at radius 2 is 1.86 bits per heavy atom. The van der Waals surface area contributed by atoms with Gasteiger partial charge in [-0.05, 0) is 30.9 Å². The van der Waals surface area contributed by atoms with Crippen LogP contribution in [0.15, 0.2) is 24.3 Å². The lowest BCUT2D eigenvalue weighted by Crippen LogP contribution is -2.47. The summed E-state index contributed by atoms with van der Waals surface area (Å²) in [5.41, 5.74) is 5.36. The first kappa shape index (κ1) is 14.0. The van der Waals surface area contributed by atoms with Crippen molar-refractivity contribution >= 4 is 16.6 Å². The van der Waals surface area contributed by atoms with Crippen LogP contribution in [0.5, 0.6) is 0 Å². The monoisotopic (exact) mass is 297 g/mol. The van der Waals surface area contributed by atoms with Crippen LogP contribution in [0.4, 0.5) is 5.69 Å². The second kappa shape index (κ2) is 5.86. The van der Waals surface area contributed by atoms with Gasteiger partial charge in [0.2, 0.25) is 0 Å².